The Labute approximate surface area is 225 Å². The smallest absolute Gasteiger partial charge is 0.255 e. The van der Waals surface area contributed by atoms with Crippen molar-refractivity contribution in [2.75, 3.05) is 25.5 Å². The Balaban J connectivity index is 1.46. The lowest BCUT2D eigenvalue weighted by Crippen LogP contribution is -2.38. The number of pyridine rings is 1. The van der Waals surface area contributed by atoms with Gasteiger partial charge >= 0.3 is 0 Å². The van der Waals surface area contributed by atoms with E-state index >= 15 is 0 Å². The van der Waals surface area contributed by atoms with Crippen LogP contribution in [0.25, 0.3) is 11.3 Å². The van der Waals surface area contributed by atoms with Gasteiger partial charge in [-0.05, 0) is 43.0 Å². The number of carbonyl (C=O) groups excluding carboxylic acids is 2. The minimum Gasteiger partial charge on any atom is -0.493 e. The normalized spacial score (nSPS) is 20.9. The van der Waals surface area contributed by atoms with Crippen LogP contribution in [0.3, 0.4) is 0 Å². The molecule has 1 saturated carbocycles. The third-order valence-electron chi connectivity index (χ3n) is 7.60. The van der Waals surface area contributed by atoms with Gasteiger partial charge in [-0.25, -0.2) is 0 Å². The van der Waals surface area contributed by atoms with Crippen molar-refractivity contribution in [3.05, 3.63) is 71.2 Å². The summed E-state index contributed by atoms with van der Waals surface area (Å²) in [6.07, 6.45) is 7.25. The molecule has 192 valence electrons. The number of methoxy groups -OCH3 is 1. The van der Waals surface area contributed by atoms with E-state index in [9.17, 15) is 9.59 Å². The molecule has 3 aromatic rings. The van der Waals surface area contributed by atoms with Crippen molar-refractivity contribution < 1.29 is 14.3 Å². The Hall–Kier alpha value is -4.22. The number of nitrogens with one attached hydrogen (secondary N) is 3. The van der Waals surface area contributed by atoms with Gasteiger partial charge in [0.2, 0.25) is 5.91 Å². The maximum Gasteiger partial charge on any atom is 0.255 e. The molecule has 3 N–H and O–H groups in total. The number of halogens is 1. The Kier molecular flexibility index (Phi) is 5.88. The monoisotopic (exact) mass is 527 g/mol. The third-order valence-corrected chi connectivity index (χ3v) is 7.89. The first-order chi connectivity index (χ1) is 18.5. The number of aromatic amines is 1. The number of likely N-dealkylation sites (tertiary alicyclic amines) is 1. The Morgan fingerprint density at radius 3 is 3.05 bits per heavy atom. The fourth-order valence-corrected chi connectivity index (χ4v) is 5.91. The van der Waals surface area contributed by atoms with Crippen LogP contribution in [0.4, 0.5) is 11.4 Å². The van der Waals surface area contributed by atoms with E-state index in [1.54, 1.807) is 25.6 Å². The van der Waals surface area contributed by atoms with E-state index in [4.69, 9.17) is 16.3 Å². The standard InChI is InChI=1S/C29H26ClN5O3/c1-3-23(36)35-14-10-18-15-29(18,35)11-7-17-16-31-12-8-19(17)25-26(24-21(33-25)9-13-32-28(24)37)34-22-6-4-5-20(30)27(22)38-2/h3-6,8,12,16,18,33-34H,1,9-10,13-15H2,2H3,(H,32,37). The maximum atomic E-state index is 13.0. The van der Waals surface area contributed by atoms with Crippen LogP contribution in [-0.4, -0.2) is 52.4 Å². The number of H-pyrrole nitrogens is 1. The average molecular weight is 528 g/mol. The first kappa shape index (κ1) is 24.1. The molecule has 6 rings (SSSR count). The number of carbonyl (C=O) groups is 2. The van der Waals surface area contributed by atoms with Crippen LogP contribution < -0.4 is 15.4 Å². The number of amides is 2. The molecule has 2 fully saturated rings. The van der Waals surface area contributed by atoms with Crippen molar-refractivity contribution in [1.82, 2.24) is 20.2 Å². The van der Waals surface area contributed by atoms with Gasteiger partial charge in [0.25, 0.3) is 5.91 Å². The summed E-state index contributed by atoms with van der Waals surface area (Å²) in [5.74, 6) is 7.34. The molecule has 9 heteroatoms. The quantitative estimate of drug-likeness (QED) is 0.339. The Morgan fingerprint density at radius 1 is 1.39 bits per heavy atom. The van der Waals surface area contributed by atoms with Gasteiger partial charge in [-0.15, -0.1) is 0 Å². The molecule has 0 bridgehead atoms. The number of benzene rings is 1. The van der Waals surface area contributed by atoms with Gasteiger partial charge in [0.15, 0.2) is 5.75 Å². The number of ether oxygens (including phenoxy) is 1. The SMILES string of the molecule is C=CC(=O)N1CCC2CC21C#Cc1cnccc1-c1[nH]c2c(c1Nc1cccc(Cl)c1OC)C(=O)NCC2. The van der Waals surface area contributed by atoms with E-state index in [1.807, 2.05) is 23.1 Å². The third kappa shape index (κ3) is 3.82. The second-order valence-corrected chi connectivity index (χ2v) is 10.1. The zero-order valence-corrected chi connectivity index (χ0v) is 21.6. The van der Waals surface area contributed by atoms with E-state index in [1.165, 1.54) is 6.08 Å². The highest BCUT2D eigenvalue weighted by Crippen LogP contribution is 2.55. The second-order valence-electron chi connectivity index (χ2n) is 9.66. The fraction of sp³-hybridized carbons (Fsp3) is 0.276. The van der Waals surface area contributed by atoms with Gasteiger partial charge in [-0.1, -0.05) is 36.1 Å². The van der Waals surface area contributed by atoms with Gasteiger partial charge < -0.3 is 25.3 Å². The second kappa shape index (κ2) is 9.26. The molecule has 0 spiro atoms. The van der Waals surface area contributed by atoms with Crippen LogP contribution in [0.2, 0.25) is 5.02 Å². The van der Waals surface area contributed by atoms with Gasteiger partial charge in [0.05, 0.1) is 40.3 Å². The van der Waals surface area contributed by atoms with Crippen LogP contribution in [0, 0.1) is 17.8 Å². The number of hydrogen-bond acceptors (Lipinski definition) is 5. The van der Waals surface area contributed by atoms with Crippen LogP contribution in [-0.2, 0) is 11.2 Å². The van der Waals surface area contributed by atoms with E-state index in [2.05, 4.69) is 39.0 Å². The van der Waals surface area contributed by atoms with Crippen molar-refractivity contribution >= 4 is 34.8 Å². The zero-order valence-electron chi connectivity index (χ0n) is 20.9. The lowest BCUT2D eigenvalue weighted by molar-refractivity contribution is -0.126. The first-order valence-electron chi connectivity index (χ1n) is 12.5. The number of fused-ring (bicyclic) bond motifs is 2. The molecule has 1 saturated heterocycles. The molecule has 2 aromatic heterocycles. The highest BCUT2D eigenvalue weighted by Gasteiger charge is 2.62. The minimum absolute atomic E-state index is 0.0873. The summed E-state index contributed by atoms with van der Waals surface area (Å²) in [5, 5.41) is 6.80. The average Bonchev–Trinajstić information content (AvgIpc) is 3.33. The number of anilines is 2. The summed E-state index contributed by atoms with van der Waals surface area (Å²) in [4.78, 5) is 35.1. The summed E-state index contributed by atoms with van der Waals surface area (Å²) in [6, 6.07) is 7.29. The highest BCUT2D eigenvalue weighted by atomic mass is 35.5. The first-order valence-corrected chi connectivity index (χ1v) is 12.9. The highest BCUT2D eigenvalue weighted by molar-refractivity contribution is 6.32. The fourth-order valence-electron chi connectivity index (χ4n) is 5.65. The van der Waals surface area contributed by atoms with Crippen LogP contribution in [0.5, 0.6) is 5.75 Å². The van der Waals surface area contributed by atoms with Crippen molar-refractivity contribution in [2.24, 2.45) is 5.92 Å². The Morgan fingerprint density at radius 2 is 2.26 bits per heavy atom. The molecule has 8 nitrogen and oxygen atoms in total. The van der Waals surface area contributed by atoms with Crippen LogP contribution in [0.15, 0.2) is 49.3 Å². The molecule has 3 aliphatic rings. The van der Waals surface area contributed by atoms with E-state index in [-0.39, 0.29) is 11.8 Å². The topological polar surface area (TPSA) is 99.3 Å². The molecule has 2 aliphatic heterocycles. The van der Waals surface area contributed by atoms with E-state index < -0.39 is 5.54 Å². The largest absolute Gasteiger partial charge is 0.493 e. The van der Waals surface area contributed by atoms with E-state index in [0.29, 0.717) is 58.7 Å². The van der Waals surface area contributed by atoms with E-state index in [0.717, 1.165) is 29.8 Å². The summed E-state index contributed by atoms with van der Waals surface area (Å²) in [7, 11) is 1.55. The molecule has 2 atom stereocenters. The molecule has 1 aliphatic carbocycles. The minimum atomic E-state index is -0.442. The van der Waals surface area contributed by atoms with Crippen molar-refractivity contribution in [3.63, 3.8) is 0 Å². The maximum absolute atomic E-state index is 13.0. The van der Waals surface area contributed by atoms with Crippen molar-refractivity contribution in [3.8, 4) is 28.8 Å². The summed E-state index contributed by atoms with van der Waals surface area (Å²) < 4.78 is 5.54. The predicted molar refractivity (Wildman–Crippen MR) is 146 cm³/mol. The number of aromatic nitrogens is 2. The summed E-state index contributed by atoms with van der Waals surface area (Å²) >= 11 is 6.38. The molecule has 4 heterocycles. The number of hydrogen-bond donors (Lipinski definition) is 3. The van der Waals surface area contributed by atoms with Gasteiger partial charge in [0, 0.05) is 43.2 Å². The number of rotatable bonds is 5. The van der Waals surface area contributed by atoms with Gasteiger partial charge in [0.1, 0.15) is 5.54 Å². The Bertz CT molecular complexity index is 1550. The number of piperidine rings is 1. The van der Waals surface area contributed by atoms with Crippen molar-refractivity contribution in [1.29, 1.82) is 0 Å². The number of nitrogens with zero attached hydrogens (tertiary/aromatic N) is 2. The lowest BCUT2D eigenvalue weighted by atomic mass is 10.0. The molecular weight excluding hydrogens is 502 g/mol. The molecule has 38 heavy (non-hydrogen) atoms. The van der Waals surface area contributed by atoms with Gasteiger partial charge in [-0.2, -0.15) is 0 Å². The zero-order chi connectivity index (χ0) is 26.4. The van der Waals surface area contributed by atoms with Crippen LogP contribution >= 0.6 is 11.6 Å². The molecule has 1 aromatic carbocycles. The van der Waals surface area contributed by atoms with Gasteiger partial charge in [-0.3, -0.25) is 14.6 Å². The molecular formula is C29H26ClN5O3. The molecule has 0 radical (unpaired) electrons. The molecule has 2 amide bonds. The van der Waals surface area contributed by atoms with Crippen molar-refractivity contribution in [2.45, 2.75) is 24.8 Å². The predicted octanol–water partition coefficient (Wildman–Crippen LogP) is 4.30. The molecule has 2 unspecified atom stereocenters. The summed E-state index contributed by atoms with van der Waals surface area (Å²) in [5.41, 5.74) is 4.40. The van der Waals surface area contributed by atoms with Crippen LogP contribution in [0.1, 0.15) is 34.5 Å². The number of para-hydroxylation sites is 1. The summed E-state index contributed by atoms with van der Waals surface area (Å²) in [6.45, 7) is 4.89. The lowest BCUT2D eigenvalue weighted by Gasteiger charge is -2.22.